The third-order valence-corrected chi connectivity index (χ3v) is 2.34. The van der Waals surface area contributed by atoms with E-state index in [0.717, 1.165) is 13.0 Å². The zero-order valence-electron chi connectivity index (χ0n) is 8.44. The molecule has 5 heteroatoms. The molecule has 1 rings (SSSR count). The van der Waals surface area contributed by atoms with Crippen molar-refractivity contribution in [2.75, 3.05) is 40.0 Å². The number of aliphatic carboxylic acids is 1. The third kappa shape index (κ3) is 3.61. The van der Waals surface area contributed by atoms with Gasteiger partial charge in [-0.25, -0.2) is 0 Å². The van der Waals surface area contributed by atoms with Gasteiger partial charge in [0.1, 0.15) is 0 Å². The first-order chi connectivity index (χ1) is 6.74. The fourth-order valence-electron chi connectivity index (χ4n) is 1.58. The molecule has 1 fully saturated rings. The number of hydrogen-bond acceptors (Lipinski definition) is 4. The van der Waals surface area contributed by atoms with Crippen LogP contribution in [0, 0.1) is 0 Å². The average molecular weight is 203 g/mol. The van der Waals surface area contributed by atoms with Gasteiger partial charge in [0, 0.05) is 26.3 Å². The van der Waals surface area contributed by atoms with Crippen LogP contribution in [-0.2, 0) is 14.3 Å². The van der Waals surface area contributed by atoms with Crippen molar-refractivity contribution in [1.29, 1.82) is 0 Å². The largest absolute Gasteiger partial charge is 0.480 e. The van der Waals surface area contributed by atoms with Crippen molar-refractivity contribution >= 4 is 5.97 Å². The summed E-state index contributed by atoms with van der Waals surface area (Å²) in [5, 5.41) is 8.72. The standard InChI is InChI=1S/C9H17NO4/c1-13-5-3-10(6-9(11)12)8-2-4-14-7-8/h8H,2-7H2,1H3,(H,11,12)/t8-/m1/s1. The molecule has 1 N–H and O–H groups in total. The Labute approximate surface area is 83.6 Å². The minimum absolute atomic E-state index is 0.0669. The highest BCUT2D eigenvalue weighted by atomic mass is 16.5. The van der Waals surface area contributed by atoms with E-state index >= 15 is 0 Å². The summed E-state index contributed by atoms with van der Waals surface area (Å²) >= 11 is 0. The van der Waals surface area contributed by atoms with E-state index in [-0.39, 0.29) is 12.6 Å². The fourth-order valence-corrected chi connectivity index (χ4v) is 1.58. The minimum atomic E-state index is -0.798. The van der Waals surface area contributed by atoms with Gasteiger partial charge in [-0.3, -0.25) is 9.69 Å². The molecule has 0 bridgehead atoms. The van der Waals surface area contributed by atoms with E-state index in [9.17, 15) is 4.79 Å². The van der Waals surface area contributed by atoms with E-state index in [0.29, 0.717) is 19.8 Å². The Balaban J connectivity index is 2.37. The predicted molar refractivity (Wildman–Crippen MR) is 50.3 cm³/mol. The van der Waals surface area contributed by atoms with Gasteiger partial charge in [-0.15, -0.1) is 0 Å². The molecule has 1 heterocycles. The van der Waals surface area contributed by atoms with Gasteiger partial charge in [0.15, 0.2) is 0 Å². The molecule has 0 unspecified atom stereocenters. The third-order valence-electron chi connectivity index (χ3n) is 2.34. The van der Waals surface area contributed by atoms with E-state index in [1.165, 1.54) is 0 Å². The lowest BCUT2D eigenvalue weighted by Gasteiger charge is -2.25. The van der Waals surface area contributed by atoms with Crippen LogP contribution in [0.15, 0.2) is 0 Å². The highest BCUT2D eigenvalue weighted by molar-refractivity contribution is 5.69. The highest BCUT2D eigenvalue weighted by Gasteiger charge is 2.24. The number of rotatable bonds is 6. The second kappa shape index (κ2) is 5.95. The maximum atomic E-state index is 10.6. The number of hydrogen-bond donors (Lipinski definition) is 1. The summed E-state index contributed by atoms with van der Waals surface area (Å²) in [5.74, 6) is -0.798. The normalized spacial score (nSPS) is 21.7. The van der Waals surface area contributed by atoms with Crippen LogP contribution in [0.4, 0.5) is 0 Å². The van der Waals surface area contributed by atoms with Gasteiger partial charge in [-0.05, 0) is 6.42 Å². The van der Waals surface area contributed by atoms with Crippen molar-refractivity contribution in [3.8, 4) is 0 Å². The van der Waals surface area contributed by atoms with E-state index in [1.54, 1.807) is 7.11 Å². The number of carboxylic acids is 1. The zero-order valence-corrected chi connectivity index (χ0v) is 8.44. The molecule has 0 aromatic heterocycles. The summed E-state index contributed by atoms with van der Waals surface area (Å²) in [6.07, 6.45) is 0.914. The monoisotopic (exact) mass is 203 g/mol. The molecular formula is C9H17NO4. The molecule has 1 atom stereocenters. The molecule has 0 aliphatic carbocycles. The number of carboxylic acid groups (broad SMARTS) is 1. The van der Waals surface area contributed by atoms with E-state index in [1.807, 2.05) is 4.90 Å². The lowest BCUT2D eigenvalue weighted by molar-refractivity contribution is -0.139. The summed E-state index contributed by atoms with van der Waals surface area (Å²) in [5.41, 5.74) is 0. The van der Waals surface area contributed by atoms with Crippen molar-refractivity contribution < 1.29 is 19.4 Å². The molecule has 0 amide bonds. The molecule has 82 valence electrons. The van der Waals surface area contributed by atoms with Crippen LogP contribution < -0.4 is 0 Å². The van der Waals surface area contributed by atoms with Crippen LogP contribution in [0.1, 0.15) is 6.42 Å². The molecule has 1 saturated heterocycles. The van der Waals surface area contributed by atoms with Crippen LogP contribution in [-0.4, -0.2) is 62.0 Å². The van der Waals surface area contributed by atoms with E-state index in [4.69, 9.17) is 14.6 Å². The molecule has 0 radical (unpaired) electrons. The second-order valence-electron chi connectivity index (χ2n) is 3.37. The first kappa shape index (κ1) is 11.4. The van der Waals surface area contributed by atoms with Crippen LogP contribution in [0.25, 0.3) is 0 Å². The van der Waals surface area contributed by atoms with Crippen molar-refractivity contribution in [3.63, 3.8) is 0 Å². The smallest absolute Gasteiger partial charge is 0.317 e. The van der Waals surface area contributed by atoms with Crippen molar-refractivity contribution in [3.05, 3.63) is 0 Å². The Bertz CT molecular complexity index is 180. The van der Waals surface area contributed by atoms with Gasteiger partial charge in [-0.2, -0.15) is 0 Å². The molecule has 1 aliphatic rings. The molecule has 14 heavy (non-hydrogen) atoms. The lowest BCUT2D eigenvalue weighted by atomic mass is 10.2. The second-order valence-corrected chi connectivity index (χ2v) is 3.37. The maximum Gasteiger partial charge on any atom is 0.317 e. The lowest BCUT2D eigenvalue weighted by Crippen LogP contribution is -2.41. The SMILES string of the molecule is COCCN(CC(=O)O)[C@@H]1CCOC1. The van der Waals surface area contributed by atoms with Crippen molar-refractivity contribution in [2.24, 2.45) is 0 Å². The first-order valence-electron chi connectivity index (χ1n) is 4.76. The van der Waals surface area contributed by atoms with Gasteiger partial charge in [0.25, 0.3) is 0 Å². The Hall–Kier alpha value is -0.650. The quantitative estimate of drug-likeness (QED) is 0.648. The molecule has 0 saturated carbocycles. The summed E-state index contributed by atoms with van der Waals surface area (Å²) in [4.78, 5) is 12.5. The Morgan fingerprint density at radius 3 is 3.00 bits per heavy atom. The van der Waals surface area contributed by atoms with E-state index < -0.39 is 5.97 Å². The van der Waals surface area contributed by atoms with Crippen LogP contribution in [0.2, 0.25) is 0 Å². The molecule has 0 aromatic rings. The highest BCUT2D eigenvalue weighted by Crippen LogP contribution is 2.11. The summed E-state index contributed by atoms with van der Waals surface area (Å²) < 4.78 is 10.2. The molecular weight excluding hydrogens is 186 g/mol. The van der Waals surface area contributed by atoms with Gasteiger partial charge >= 0.3 is 5.97 Å². The first-order valence-corrected chi connectivity index (χ1v) is 4.76. The fraction of sp³-hybridized carbons (Fsp3) is 0.889. The summed E-state index contributed by atoms with van der Waals surface area (Å²) in [7, 11) is 1.62. The van der Waals surface area contributed by atoms with Gasteiger partial charge in [0.05, 0.1) is 19.8 Å². The number of nitrogens with zero attached hydrogens (tertiary/aromatic N) is 1. The summed E-state index contributed by atoms with van der Waals surface area (Å²) in [6, 6.07) is 0.237. The maximum absolute atomic E-state index is 10.6. The van der Waals surface area contributed by atoms with Gasteiger partial charge in [0.2, 0.25) is 0 Å². The van der Waals surface area contributed by atoms with Crippen molar-refractivity contribution in [1.82, 2.24) is 4.90 Å². The number of carbonyl (C=O) groups is 1. The minimum Gasteiger partial charge on any atom is -0.480 e. The van der Waals surface area contributed by atoms with Crippen LogP contribution in [0.3, 0.4) is 0 Å². The summed E-state index contributed by atoms with van der Waals surface area (Å²) in [6.45, 7) is 2.64. The molecule has 0 spiro atoms. The number of ether oxygens (including phenoxy) is 2. The topological polar surface area (TPSA) is 59.0 Å². The van der Waals surface area contributed by atoms with Gasteiger partial charge < -0.3 is 14.6 Å². The van der Waals surface area contributed by atoms with Gasteiger partial charge in [-0.1, -0.05) is 0 Å². The Morgan fingerprint density at radius 2 is 2.50 bits per heavy atom. The van der Waals surface area contributed by atoms with Crippen LogP contribution in [0.5, 0.6) is 0 Å². The number of methoxy groups -OCH3 is 1. The zero-order chi connectivity index (χ0) is 10.4. The van der Waals surface area contributed by atoms with Crippen LogP contribution >= 0.6 is 0 Å². The predicted octanol–water partition coefficient (Wildman–Crippen LogP) is -0.192. The Morgan fingerprint density at radius 1 is 1.71 bits per heavy atom. The average Bonchev–Trinajstić information content (AvgIpc) is 2.64. The molecule has 0 aromatic carbocycles. The van der Waals surface area contributed by atoms with E-state index in [2.05, 4.69) is 0 Å². The molecule has 1 aliphatic heterocycles. The Kier molecular flexibility index (Phi) is 4.86. The van der Waals surface area contributed by atoms with Crippen molar-refractivity contribution in [2.45, 2.75) is 12.5 Å². The molecule has 5 nitrogen and oxygen atoms in total.